The monoisotopic (exact) mass is 237 g/mol. The Balaban J connectivity index is 2.41. The minimum absolute atomic E-state index is 0.823. The average molecular weight is 237 g/mol. The van der Waals surface area contributed by atoms with Gasteiger partial charge in [-0.1, -0.05) is 0 Å². The number of aromatic nitrogens is 1. The fourth-order valence-corrected chi connectivity index (χ4v) is 1.72. The molecule has 4 heteroatoms. The van der Waals surface area contributed by atoms with Crippen molar-refractivity contribution < 1.29 is 4.74 Å². The topological polar surface area (TPSA) is 37.4 Å². The molecule has 0 radical (unpaired) electrons. The normalized spacial score (nSPS) is 10.8. The number of nitrogens with zero attached hydrogens (tertiary/aromatic N) is 2. The van der Waals surface area contributed by atoms with Crippen molar-refractivity contribution in [3.8, 4) is 0 Å². The van der Waals surface area contributed by atoms with Gasteiger partial charge in [-0.3, -0.25) is 0 Å². The first kappa shape index (κ1) is 13.9. The highest BCUT2D eigenvalue weighted by molar-refractivity contribution is 5.37. The first-order valence-electron chi connectivity index (χ1n) is 6.12. The lowest BCUT2D eigenvalue weighted by molar-refractivity contribution is 0.178. The fourth-order valence-electron chi connectivity index (χ4n) is 1.72. The van der Waals surface area contributed by atoms with Crippen LogP contribution >= 0.6 is 0 Å². The van der Waals surface area contributed by atoms with Crippen molar-refractivity contribution in [2.75, 3.05) is 39.2 Å². The molecule has 1 N–H and O–H groups in total. The van der Waals surface area contributed by atoms with Gasteiger partial charge in [-0.2, -0.15) is 0 Å². The summed E-state index contributed by atoms with van der Waals surface area (Å²) in [6.45, 7) is 5.80. The fraction of sp³-hybridized carbons (Fsp3) is 0.615. The molecule has 0 fully saturated rings. The Morgan fingerprint density at radius 3 is 3.00 bits per heavy atom. The summed E-state index contributed by atoms with van der Waals surface area (Å²) in [5.41, 5.74) is 1.29. The van der Waals surface area contributed by atoms with Crippen LogP contribution in [0.1, 0.15) is 18.9 Å². The number of methoxy groups -OCH3 is 1. The number of anilines is 1. The summed E-state index contributed by atoms with van der Waals surface area (Å²) in [6.07, 6.45) is 2.93. The highest BCUT2D eigenvalue weighted by Crippen LogP contribution is 2.08. The molecule has 0 amide bonds. The van der Waals surface area contributed by atoms with Gasteiger partial charge in [-0.05, 0) is 38.1 Å². The van der Waals surface area contributed by atoms with Crippen molar-refractivity contribution in [3.63, 3.8) is 0 Å². The highest BCUT2D eigenvalue weighted by Gasteiger charge is 2.01. The maximum absolute atomic E-state index is 5.05. The average Bonchev–Trinajstić information content (AvgIpc) is 2.30. The molecule has 0 aliphatic rings. The Hall–Kier alpha value is -1.13. The number of rotatable bonds is 8. The summed E-state index contributed by atoms with van der Waals surface area (Å²) >= 11 is 0. The Morgan fingerprint density at radius 1 is 1.47 bits per heavy atom. The van der Waals surface area contributed by atoms with E-state index in [-0.39, 0.29) is 0 Å². The molecule has 0 saturated heterocycles. The number of hydrogen-bond acceptors (Lipinski definition) is 4. The zero-order valence-electron chi connectivity index (χ0n) is 11.1. The molecule has 17 heavy (non-hydrogen) atoms. The lowest BCUT2D eigenvalue weighted by Crippen LogP contribution is -2.20. The van der Waals surface area contributed by atoms with Crippen molar-refractivity contribution in [2.24, 2.45) is 0 Å². The van der Waals surface area contributed by atoms with E-state index in [1.807, 2.05) is 6.20 Å². The van der Waals surface area contributed by atoms with Gasteiger partial charge in [-0.15, -0.1) is 0 Å². The third kappa shape index (κ3) is 5.65. The van der Waals surface area contributed by atoms with Gasteiger partial charge in [0, 0.05) is 39.5 Å². The molecule has 0 aromatic carbocycles. The molecule has 0 atom stereocenters. The van der Waals surface area contributed by atoms with Crippen LogP contribution in [0.5, 0.6) is 0 Å². The largest absolute Gasteiger partial charge is 0.385 e. The van der Waals surface area contributed by atoms with Gasteiger partial charge in [-0.25, -0.2) is 4.98 Å². The van der Waals surface area contributed by atoms with E-state index in [0.717, 1.165) is 38.5 Å². The predicted molar refractivity (Wildman–Crippen MR) is 71.2 cm³/mol. The molecule has 1 heterocycles. The smallest absolute Gasteiger partial charge is 0.126 e. The third-order valence-electron chi connectivity index (χ3n) is 2.52. The van der Waals surface area contributed by atoms with Crippen LogP contribution in [0.4, 0.5) is 5.82 Å². The zero-order chi connectivity index (χ0) is 12.5. The summed E-state index contributed by atoms with van der Waals surface area (Å²) in [5, 5.41) is 3.22. The van der Waals surface area contributed by atoms with Crippen LogP contribution in [-0.4, -0.2) is 43.7 Å². The molecular weight excluding hydrogens is 214 g/mol. The van der Waals surface area contributed by atoms with E-state index >= 15 is 0 Å². The first-order chi connectivity index (χ1) is 8.26. The molecule has 0 bridgehead atoms. The zero-order valence-corrected chi connectivity index (χ0v) is 11.1. The second-order valence-corrected chi connectivity index (χ2v) is 4.16. The summed E-state index contributed by atoms with van der Waals surface area (Å²) in [6, 6.07) is 4.17. The molecule has 1 rings (SSSR count). The van der Waals surface area contributed by atoms with Crippen molar-refractivity contribution in [1.29, 1.82) is 0 Å². The van der Waals surface area contributed by atoms with E-state index in [9.17, 15) is 0 Å². The molecular formula is C13H23N3O. The van der Waals surface area contributed by atoms with E-state index in [4.69, 9.17) is 4.74 Å². The van der Waals surface area contributed by atoms with Gasteiger partial charge in [0.15, 0.2) is 0 Å². The first-order valence-corrected chi connectivity index (χ1v) is 6.12. The standard InChI is InChI=1S/C13H23N3O/c1-4-14-13-10-12(6-7-15-13)11-16(2)8-5-9-17-3/h6-7,10H,4-5,8-9,11H2,1-3H3,(H,14,15). The van der Waals surface area contributed by atoms with Gasteiger partial charge < -0.3 is 15.0 Å². The molecule has 1 aromatic rings. The summed E-state index contributed by atoms with van der Waals surface area (Å²) in [5.74, 6) is 0.954. The lowest BCUT2D eigenvalue weighted by atomic mass is 10.2. The van der Waals surface area contributed by atoms with Crippen molar-refractivity contribution in [3.05, 3.63) is 23.9 Å². The number of ether oxygens (including phenoxy) is 1. The van der Waals surface area contributed by atoms with Crippen molar-refractivity contribution in [1.82, 2.24) is 9.88 Å². The number of nitrogens with one attached hydrogen (secondary N) is 1. The Morgan fingerprint density at radius 2 is 2.29 bits per heavy atom. The second kappa shape index (κ2) is 8.03. The van der Waals surface area contributed by atoms with Crippen LogP contribution in [0.25, 0.3) is 0 Å². The maximum Gasteiger partial charge on any atom is 0.126 e. The van der Waals surface area contributed by atoms with Gasteiger partial charge in [0.05, 0.1) is 0 Å². The van der Waals surface area contributed by atoms with Crippen molar-refractivity contribution in [2.45, 2.75) is 19.9 Å². The highest BCUT2D eigenvalue weighted by atomic mass is 16.5. The molecule has 0 saturated carbocycles. The quantitative estimate of drug-likeness (QED) is 0.702. The summed E-state index contributed by atoms with van der Waals surface area (Å²) in [4.78, 5) is 6.56. The van der Waals surface area contributed by atoms with Crippen LogP contribution in [-0.2, 0) is 11.3 Å². The third-order valence-corrected chi connectivity index (χ3v) is 2.52. The molecule has 0 aliphatic heterocycles. The summed E-state index contributed by atoms with van der Waals surface area (Å²) < 4.78 is 5.05. The SMILES string of the molecule is CCNc1cc(CN(C)CCCOC)ccn1. The molecule has 0 aliphatic carbocycles. The van der Waals surface area contributed by atoms with Crippen LogP contribution in [0.3, 0.4) is 0 Å². The maximum atomic E-state index is 5.05. The van der Waals surface area contributed by atoms with Crippen molar-refractivity contribution >= 4 is 5.82 Å². The molecule has 4 nitrogen and oxygen atoms in total. The van der Waals surface area contributed by atoms with Gasteiger partial charge in [0.1, 0.15) is 5.82 Å². The molecule has 96 valence electrons. The Bertz CT molecular complexity index is 317. The lowest BCUT2D eigenvalue weighted by Gasteiger charge is -2.16. The summed E-state index contributed by atoms with van der Waals surface area (Å²) in [7, 11) is 3.87. The van der Waals surface area contributed by atoms with Gasteiger partial charge in [0.25, 0.3) is 0 Å². The molecule has 0 spiro atoms. The van der Waals surface area contributed by atoms with E-state index in [1.54, 1.807) is 7.11 Å². The minimum Gasteiger partial charge on any atom is -0.385 e. The van der Waals surface area contributed by atoms with Crippen LogP contribution in [0.15, 0.2) is 18.3 Å². The predicted octanol–water partition coefficient (Wildman–Crippen LogP) is 1.98. The minimum atomic E-state index is 0.823. The second-order valence-electron chi connectivity index (χ2n) is 4.16. The van der Waals surface area contributed by atoms with Gasteiger partial charge in [0.2, 0.25) is 0 Å². The Labute approximate surface area is 104 Å². The number of hydrogen-bond donors (Lipinski definition) is 1. The number of pyridine rings is 1. The van der Waals surface area contributed by atoms with Crippen LogP contribution in [0, 0.1) is 0 Å². The van der Waals surface area contributed by atoms with Crippen LogP contribution in [0.2, 0.25) is 0 Å². The van der Waals surface area contributed by atoms with E-state index in [0.29, 0.717) is 0 Å². The van der Waals surface area contributed by atoms with E-state index in [1.165, 1.54) is 5.56 Å². The van der Waals surface area contributed by atoms with Crippen LogP contribution < -0.4 is 5.32 Å². The van der Waals surface area contributed by atoms with E-state index in [2.05, 4.69) is 41.3 Å². The van der Waals surface area contributed by atoms with Gasteiger partial charge >= 0.3 is 0 Å². The van der Waals surface area contributed by atoms with E-state index < -0.39 is 0 Å². The molecule has 1 aromatic heterocycles. The molecule has 0 unspecified atom stereocenters. The Kier molecular flexibility index (Phi) is 6.58.